The van der Waals surface area contributed by atoms with Crippen molar-refractivity contribution in [3.8, 4) is 0 Å². The molecule has 0 bridgehead atoms. The lowest BCUT2D eigenvalue weighted by Gasteiger charge is -2.22. The Bertz CT molecular complexity index is 770. The third-order valence-electron chi connectivity index (χ3n) is 3.71. The van der Waals surface area contributed by atoms with Gasteiger partial charge in [-0.2, -0.15) is 0 Å². The van der Waals surface area contributed by atoms with Crippen molar-refractivity contribution in [2.45, 2.75) is 26.8 Å². The van der Waals surface area contributed by atoms with Crippen LogP contribution in [-0.2, 0) is 4.79 Å². The highest BCUT2D eigenvalue weighted by Gasteiger charge is 2.27. The molecule has 0 aliphatic rings. The minimum absolute atomic E-state index is 0.274. The highest BCUT2D eigenvalue weighted by molar-refractivity contribution is 6.01. The normalized spacial score (nSPS) is 11.9. The van der Waals surface area contributed by atoms with E-state index in [1.54, 1.807) is 32.0 Å². The van der Waals surface area contributed by atoms with Gasteiger partial charge in [0.05, 0.1) is 0 Å². The van der Waals surface area contributed by atoms with Gasteiger partial charge in [-0.1, -0.05) is 32.0 Å². The van der Waals surface area contributed by atoms with Gasteiger partial charge in [0.2, 0.25) is 5.91 Å². The first-order valence-corrected chi connectivity index (χ1v) is 7.92. The summed E-state index contributed by atoms with van der Waals surface area (Å²) in [6.45, 7) is 5.36. The van der Waals surface area contributed by atoms with E-state index in [4.69, 9.17) is 0 Å². The number of hydrogen-bond acceptors (Lipinski definition) is 2. The molecule has 2 amide bonds. The Morgan fingerprint density at radius 1 is 1.00 bits per heavy atom. The third kappa shape index (κ3) is 4.62. The summed E-state index contributed by atoms with van der Waals surface area (Å²) in [5.41, 5.74) is 0.856. The second-order valence-corrected chi connectivity index (χ2v) is 6.15. The minimum Gasteiger partial charge on any atom is -0.340 e. The summed E-state index contributed by atoms with van der Waals surface area (Å²) in [7, 11) is 0. The van der Waals surface area contributed by atoms with Crippen molar-refractivity contribution >= 4 is 17.5 Å². The average molecular weight is 346 g/mol. The Labute approximate surface area is 145 Å². The zero-order valence-electron chi connectivity index (χ0n) is 14.3. The molecule has 0 aromatic heterocycles. The first-order chi connectivity index (χ1) is 11.8. The van der Waals surface area contributed by atoms with E-state index in [1.807, 2.05) is 13.0 Å². The van der Waals surface area contributed by atoms with Crippen LogP contribution in [0.3, 0.4) is 0 Å². The molecule has 0 spiro atoms. The maximum Gasteiger partial charge on any atom is 0.257 e. The Kier molecular flexibility index (Phi) is 5.85. The molecule has 0 fully saturated rings. The van der Waals surface area contributed by atoms with Crippen LogP contribution < -0.4 is 10.6 Å². The average Bonchev–Trinajstić information content (AvgIpc) is 2.52. The van der Waals surface area contributed by atoms with Gasteiger partial charge in [0.25, 0.3) is 5.91 Å². The van der Waals surface area contributed by atoms with Gasteiger partial charge in [-0.05, 0) is 42.7 Å². The van der Waals surface area contributed by atoms with Crippen LogP contribution in [0.4, 0.5) is 14.5 Å². The lowest BCUT2D eigenvalue weighted by Crippen LogP contribution is -2.47. The maximum atomic E-state index is 13.7. The summed E-state index contributed by atoms with van der Waals surface area (Å²) < 4.78 is 27.5. The lowest BCUT2D eigenvalue weighted by molar-refractivity contribution is -0.118. The van der Waals surface area contributed by atoms with E-state index in [0.29, 0.717) is 5.69 Å². The Balaban J connectivity index is 2.18. The second-order valence-electron chi connectivity index (χ2n) is 6.15. The maximum absolute atomic E-state index is 13.7. The Morgan fingerprint density at radius 2 is 1.60 bits per heavy atom. The van der Waals surface area contributed by atoms with Gasteiger partial charge in [-0.25, -0.2) is 8.78 Å². The predicted octanol–water partition coefficient (Wildman–Crippen LogP) is 3.67. The van der Waals surface area contributed by atoms with E-state index in [9.17, 15) is 18.4 Å². The van der Waals surface area contributed by atoms with Crippen molar-refractivity contribution in [1.82, 2.24) is 5.32 Å². The molecule has 132 valence electrons. The van der Waals surface area contributed by atoms with Gasteiger partial charge in [0.1, 0.15) is 23.2 Å². The van der Waals surface area contributed by atoms with Gasteiger partial charge in [0.15, 0.2) is 0 Å². The number of amides is 2. The highest BCUT2D eigenvalue weighted by atomic mass is 19.1. The van der Waals surface area contributed by atoms with E-state index in [2.05, 4.69) is 10.6 Å². The minimum atomic E-state index is -0.973. The smallest absolute Gasteiger partial charge is 0.257 e. The van der Waals surface area contributed by atoms with Crippen molar-refractivity contribution in [3.05, 3.63) is 65.2 Å². The van der Waals surface area contributed by atoms with Crippen molar-refractivity contribution in [2.24, 2.45) is 5.92 Å². The van der Waals surface area contributed by atoms with Crippen molar-refractivity contribution < 1.29 is 18.4 Å². The molecule has 2 N–H and O–H groups in total. The van der Waals surface area contributed by atoms with Crippen LogP contribution in [0.1, 0.15) is 29.8 Å². The standard InChI is InChI=1S/C19H20F2N2O2/c1-11(2)17(19(25)22-13-7-4-6-12(3)10-13)23-18(24)16-14(20)8-5-9-15(16)21/h4-11,17H,1-3H3,(H,22,25)(H,23,24). The number of carbonyl (C=O) groups excluding carboxylic acids is 2. The van der Waals surface area contributed by atoms with Crippen LogP contribution in [0.25, 0.3) is 0 Å². The Hall–Kier alpha value is -2.76. The van der Waals surface area contributed by atoms with E-state index in [1.165, 1.54) is 6.07 Å². The molecule has 0 radical (unpaired) electrons. The van der Waals surface area contributed by atoms with Gasteiger partial charge < -0.3 is 10.6 Å². The quantitative estimate of drug-likeness (QED) is 0.868. The molecule has 0 aliphatic carbocycles. The molecule has 0 saturated heterocycles. The molecule has 4 nitrogen and oxygen atoms in total. The summed E-state index contributed by atoms with van der Waals surface area (Å²) in [4.78, 5) is 24.7. The van der Waals surface area contributed by atoms with Crippen LogP contribution in [0.5, 0.6) is 0 Å². The number of halogens is 2. The topological polar surface area (TPSA) is 58.2 Å². The fourth-order valence-corrected chi connectivity index (χ4v) is 2.41. The summed E-state index contributed by atoms with van der Waals surface area (Å²) in [6.07, 6.45) is 0. The zero-order chi connectivity index (χ0) is 18.6. The molecule has 2 aromatic carbocycles. The molecule has 2 aromatic rings. The van der Waals surface area contributed by atoms with Gasteiger partial charge in [-0.15, -0.1) is 0 Å². The molecule has 0 heterocycles. The van der Waals surface area contributed by atoms with E-state index >= 15 is 0 Å². The van der Waals surface area contributed by atoms with E-state index < -0.39 is 35.1 Å². The molecule has 6 heteroatoms. The molecule has 25 heavy (non-hydrogen) atoms. The van der Waals surface area contributed by atoms with Crippen LogP contribution in [-0.4, -0.2) is 17.9 Å². The van der Waals surface area contributed by atoms with E-state index in [-0.39, 0.29) is 5.92 Å². The summed E-state index contributed by atoms with van der Waals surface area (Å²) in [5.74, 6) is -3.64. The fourth-order valence-electron chi connectivity index (χ4n) is 2.41. The summed E-state index contributed by atoms with van der Waals surface area (Å²) >= 11 is 0. The number of rotatable bonds is 5. The number of nitrogens with one attached hydrogen (secondary N) is 2. The fraction of sp³-hybridized carbons (Fsp3) is 0.263. The monoisotopic (exact) mass is 346 g/mol. The lowest BCUT2D eigenvalue weighted by atomic mass is 10.0. The van der Waals surface area contributed by atoms with Gasteiger partial charge in [-0.3, -0.25) is 9.59 Å². The number of aryl methyl sites for hydroxylation is 1. The third-order valence-corrected chi connectivity index (χ3v) is 3.71. The second kappa shape index (κ2) is 7.88. The molecule has 0 saturated carbocycles. The highest BCUT2D eigenvalue weighted by Crippen LogP contribution is 2.15. The van der Waals surface area contributed by atoms with Crippen molar-refractivity contribution in [3.63, 3.8) is 0 Å². The molecular weight excluding hydrogens is 326 g/mol. The SMILES string of the molecule is Cc1cccc(NC(=O)C(NC(=O)c2c(F)cccc2F)C(C)C)c1. The zero-order valence-corrected chi connectivity index (χ0v) is 14.3. The first kappa shape index (κ1) is 18.6. The first-order valence-electron chi connectivity index (χ1n) is 7.92. The van der Waals surface area contributed by atoms with Crippen LogP contribution in [0, 0.1) is 24.5 Å². The summed E-state index contributed by atoms with van der Waals surface area (Å²) in [6, 6.07) is 9.41. The van der Waals surface area contributed by atoms with Crippen LogP contribution in [0.15, 0.2) is 42.5 Å². The van der Waals surface area contributed by atoms with Crippen LogP contribution in [0.2, 0.25) is 0 Å². The van der Waals surface area contributed by atoms with Crippen molar-refractivity contribution in [1.29, 1.82) is 0 Å². The summed E-state index contributed by atoms with van der Waals surface area (Å²) in [5, 5.41) is 5.13. The van der Waals surface area contributed by atoms with Crippen LogP contribution >= 0.6 is 0 Å². The Morgan fingerprint density at radius 3 is 2.16 bits per heavy atom. The largest absolute Gasteiger partial charge is 0.340 e. The molecule has 1 atom stereocenters. The molecule has 0 aliphatic heterocycles. The molecular formula is C19H20F2N2O2. The number of carbonyl (C=O) groups is 2. The molecule has 2 rings (SSSR count). The van der Waals surface area contributed by atoms with Gasteiger partial charge in [0, 0.05) is 5.69 Å². The number of benzene rings is 2. The predicted molar refractivity (Wildman–Crippen MR) is 92.3 cm³/mol. The number of anilines is 1. The molecule has 1 unspecified atom stereocenters. The number of hydrogen-bond donors (Lipinski definition) is 2. The van der Waals surface area contributed by atoms with Gasteiger partial charge >= 0.3 is 0 Å². The van der Waals surface area contributed by atoms with E-state index in [0.717, 1.165) is 17.7 Å². The van der Waals surface area contributed by atoms with Crippen molar-refractivity contribution in [2.75, 3.05) is 5.32 Å².